The van der Waals surface area contributed by atoms with Crippen LogP contribution in [0.2, 0.25) is 5.02 Å². The van der Waals surface area contributed by atoms with E-state index < -0.39 is 0 Å². The van der Waals surface area contributed by atoms with Gasteiger partial charge in [0.1, 0.15) is 11.7 Å². The lowest BCUT2D eigenvalue weighted by Crippen LogP contribution is -2.50. The van der Waals surface area contributed by atoms with Crippen LogP contribution in [0, 0.1) is 0 Å². The molecule has 0 N–H and O–H groups in total. The van der Waals surface area contributed by atoms with Gasteiger partial charge < -0.3 is 4.74 Å². The van der Waals surface area contributed by atoms with Crippen LogP contribution in [-0.2, 0) is 4.79 Å². The predicted molar refractivity (Wildman–Crippen MR) is 159 cm³/mol. The van der Waals surface area contributed by atoms with Gasteiger partial charge in [0.2, 0.25) is 0 Å². The molecule has 1 heterocycles. The van der Waals surface area contributed by atoms with E-state index in [9.17, 15) is 4.79 Å². The summed E-state index contributed by atoms with van der Waals surface area (Å²) in [6.07, 6.45) is 7.56. The number of piperazine rings is 1. The van der Waals surface area contributed by atoms with Crippen molar-refractivity contribution in [3.63, 3.8) is 0 Å². The lowest BCUT2D eigenvalue weighted by atomic mass is 9.92. The molecule has 1 aliphatic rings. The Morgan fingerprint density at radius 3 is 2.51 bits per heavy atom. The zero-order valence-corrected chi connectivity index (χ0v) is 23.2. The molecule has 1 unspecified atom stereocenters. The molecule has 1 aliphatic heterocycles. The molecule has 0 bridgehead atoms. The first kappa shape index (κ1) is 29.0. The van der Waals surface area contributed by atoms with Gasteiger partial charge >= 0.3 is 0 Å². The molecule has 196 valence electrons. The Labute approximate surface area is 232 Å². The number of ether oxygens (including phenoxy) is 1. The van der Waals surface area contributed by atoms with Crippen LogP contribution < -0.4 is 4.74 Å². The normalized spacial score (nSPS) is 15.3. The molecule has 1 atom stereocenters. The second-order valence-electron chi connectivity index (χ2n) is 9.34. The molecule has 3 aromatic carbocycles. The highest BCUT2D eigenvalue weighted by molar-refractivity contribution is 6.37. The first-order valence-electron chi connectivity index (χ1n) is 12.8. The van der Waals surface area contributed by atoms with E-state index in [1.807, 2.05) is 30.3 Å². The Balaban J connectivity index is 0.00000380. The number of halogens is 2. The van der Waals surface area contributed by atoms with E-state index in [1.54, 1.807) is 7.11 Å². The summed E-state index contributed by atoms with van der Waals surface area (Å²) in [6, 6.07) is 20.4. The maximum Gasteiger partial charge on any atom is 0.138 e. The molecule has 0 radical (unpaired) electrons. The van der Waals surface area contributed by atoms with Gasteiger partial charge in [-0.25, -0.2) is 4.79 Å². The Morgan fingerprint density at radius 1 is 1.08 bits per heavy atom. The molecule has 3 aromatic rings. The topological polar surface area (TPSA) is 32.8 Å². The number of methoxy groups -OCH3 is 1. The van der Waals surface area contributed by atoms with Crippen molar-refractivity contribution in [2.24, 2.45) is 0 Å². The molecule has 4 nitrogen and oxygen atoms in total. The summed E-state index contributed by atoms with van der Waals surface area (Å²) in [5.74, 6) is 2.99. The molecule has 1 saturated heterocycles. The molecule has 6 heteroatoms. The van der Waals surface area contributed by atoms with Crippen molar-refractivity contribution in [1.82, 2.24) is 9.80 Å². The van der Waals surface area contributed by atoms with Crippen LogP contribution in [0.1, 0.15) is 37.3 Å². The van der Waals surface area contributed by atoms with Crippen LogP contribution >= 0.6 is 24.0 Å². The molecule has 1 fully saturated rings. The van der Waals surface area contributed by atoms with E-state index >= 15 is 0 Å². The van der Waals surface area contributed by atoms with Crippen molar-refractivity contribution in [3.05, 3.63) is 82.9 Å². The number of carbonyl (C=O) groups excluding carboxylic acids is 1. The molecule has 37 heavy (non-hydrogen) atoms. The van der Waals surface area contributed by atoms with Crippen LogP contribution in [0.15, 0.2) is 66.7 Å². The van der Waals surface area contributed by atoms with Gasteiger partial charge in [-0.05, 0) is 35.1 Å². The largest absolute Gasteiger partial charge is 0.495 e. The van der Waals surface area contributed by atoms with Crippen molar-refractivity contribution in [2.75, 3.05) is 39.8 Å². The zero-order valence-electron chi connectivity index (χ0n) is 21.7. The molecular weight excluding hydrogens is 503 g/mol. The van der Waals surface area contributed by atoms with E-state index in [1.165, 1.54) is 5.56 Å². The summed E-state index contributed by atoms with van der Waals surface area (Å²) in [4.78, 5) is 17.3. The Morgan fingerprint density at radius 2 is 1.84 bits per heavy atom. The second kappa shape index (κ2) is 14.4. The molecule has 0 amide bonds. The van der Waals surface area contributed by atoms with E-state index in [2.05, 4.69) is 65.1 Å². The van der Waals surface area contributed by atoms with Gasteiger partial charge in [-0.15, -0.1) is 12.4 Å². The van der Waals surface area contributed by atoms with Crippen molar-refractivity contribution >= 4 is 52.4 Å². The van der Waals surface area contributed by atoms with Gasteiger partial charge in [0.05, 0.1) is 17.7 Å². The van der Waals surface area contributed by atoms with Crippen LogP contribution in [0.3, 0.4) is 0 Å². The van der Waals surface area contributed by atoms with E-state index in [4.69, 9.17) is 16.3 Å². The first-order valence-corrected chi connectivity index (χ1v) is 13.2. The van der Waals surface area contributed by atoms with Gasteiger partial charge in [0.25, 0.3) is 0 Å². The van der Waals surface area contributed by atoms with Crippen molar-refractivity contribution in [1.29, 1.82) is 0 Å². The molecular formula is C31H36Cl2N2O2. The summed E-state index contributed by atoms with van der Waals surface area (Å²) in [5, 5.41) is 2.51. The fraction of sp³-hybridized carbons (Fsp3) is 0.355. The van der Waals surface area contributed by atoms with Crippen LogP contribution in [-0.4, -0.2) is 61.6 Å². The lowest BCUT2D eigenvalue weighted by Gasteiger charge is -2.39. The minimum absolute atomic E-state index is 0. The Hall–Kier alpha value is -2.59. The maximum atomic E-state index is 12.3. The monoisotopic (exact) mass is 538 g/mol. The SMILES string of the molecule is CCCCC(C(=C=O)c1ccc2c(Cl)c(OC)ccc2c1)N1CCN(CC=Cc2ccccc2)CC1.Cl. The molecule has 4 rings (SSSR count). The van der Waals surface area contributed by atoms with Gasteiger partial charge in [-0.3, -0.25) is 9.80 Å². The van der Waals surface area contributed by atoms with Gasteiger partial charge in [0, 0.05) is 44.2 Å². The average molecular weight is 540 g/mol. The van der Waals surface area contributed by atoms with Gasteiger partial charge in [-0.2, -0.15) is 0 Å². The van der Waals surface area contributed by atoms with E-state index in [0.29, 0.717) is 10.8 Å². The maximum absolute atomic E-state index is 12.3. The third kappa shape index (κ3) is 7.25. The fourth-order valence-corrected chi connectivity index (χ4v) is 5.30. The first-order chi connectivity index (χ1) is 17.6. The van der Waals surface area contributed by atoms with Crippen molar-refractivity contribution in [2.45, 2.75) is 32.2 Å². The fourth-order valence-electron chi connectivity index (χ4n) is 4.98. The number of benzene rings is 3. The zero-order chi connectivity index (χ0) is 25.3. The highest BCUT2D eigenvalue weighted by Crippen LogP contribution is 2.35. The standard InChI is InChI=1S/C31H35ClN2O2.ClH/c1-3-4-12-29(34-20-18-33(19-21-34)17-8-11-24-9-6-5-7-10-24)28(23-35)26-13-15-27-25(22-26)14-16-30(36-2)31(27)32;/h5-11,13-16,22,29H,3-4,12,17-21H2,1-2H3;1H. The third-order valence-electron chi connectivity index (χ3n) is 7.04. The summed E-state index contributed by atoms with van der Waals surface area (Å²) in [7, 11) is 1.62. The number of unbranched alkanes of at least 4 members (excludes halogenated alkanes) is 1. The summed E-state index contributed by atoms with van der Waals surface area (Å²) < 4.78 is 5.36. The average Bonchev–Trinajstić information content (AvgIpc) is 2.92. The number of nitrogens with zero attached hydrogens (tertiary/aromatic N) is 2. The minimum Gasteiger partial charge on any atom is -0.495 e. The second-order valence-corrected chi connectivity index (χ2v) is 9.72. The van der Waals surface area contributed by atoms with E-state index in [0.717, 1.165) is 73.9 Å². The van der Waals surface area contributed by atoms with Crippen molar-refractivity contribution in [3.8, 4) is 5.75 Å². The van der Waals surface area contributed by atoms with Crippen molar-refractivity contribution < 1.29 is 9.53 Å². The van der Waals surface area contributed by atoms with Crippen LogP contribution in [0.4, 0.5) is 0 Å². The third-order valence-corrected chi connectivity index (χ3v) is 7.43. The molecule has 0 aliphatic carbocycles. The minimum atomic E-state index is 0. The Kier molecular flexibility index (Phi) is 11.3. The summed E-state index contributed by atoms with van der Waals surface area (Å²) in [5.41, 5.74) is 2.90. The quantitative estimate of drug-likeness (QED) is 0.259. The number of hydrogen-bond acceptors (Lipinski definition) is 4. The summed E-state index contributed by atoms with van der Waals surface area (Å²) >= 11 is 6.52. The molecule has 0 aromatic heterocycles. The van der Waals surface area contributed by atoms with Gasteiger partial charge in [0.15, 0.2) is 0 Å². The number of rotatable bonds is 10. The van der Waals surface area contributed by atoms with Crippen LogP contribution in [0.25, 0.3) is 22.4 Å². The highest BCUT2D eigenvalue weighted by Gasteiger charge is 2.27. The number of fused-ring (bicyclic) bond motifs is 1. The van der Waals surface area contributed by atoms with Gasteiger partial charge in [-0.1, -0.05) is 92.0 Å². The predicted octanol–water partition coefficient (Wildman–Crippen LogP) is 7.03. The summed E-state index contributed by atoms with van der Waals surface area (Å²) in [6.45, 7) is 6.99. The Bertz CT molecular complexity index is 1230. The molecule has 0 spiro atoms. The highest BCUT2D eigenvalue weighted by atomic mass is 35.5. The van der Waals surface area contributed by atoms with Crippen LogP contribution in [0.5, 0.6) is 5.75 Å². The molecule has 0 saturated carbocycles. The number of hydrogen-bond donors (Lipinski definition) is 0. The van der Waals surface area contributed by atoms with E-state index in [-0.39, 0.29) is 18.4 Å². The lowest BCUT2D eigenvalue weighted by molar-refractivity contribution is 0.119. The smallest absolute Gasteiger partial charge is 0.138 e.